The second-order valence-electron chi connectivity index (χ2n) is 9.82. The average molecular weight is 531 g/mol. The third-order valence-electron chi connectivity index (χ3n) is 6.13. The molecule has 212 valence electrons. The minimum absolute atomic E-state index is 0.124. The Morgan fingerprint density at radius 3 is 2.11 bits per heavy atom. The Labute approximate surface area is 229 Å². The van der Waals surface area contributed by atoms with Crippen molar-refractivity contribution in [3.63, 3.8) is 0 Å². The number of alkyl carbamates (subject to hydrolysis) is 1. The molecule has 0 spiro atoms. The number of methoxy groups -OCH3 is 1. The zero-order valence-electron chi connectivity index (χ0n) is 24.9. The first-order valence-electron chi connectivity index (χ1n) is 13.6. The van der Waals surface area contributed by atoms with E-state index in [2.05, 4.69) is 33.9 Å². The molecule has 0 atom stereocenters. The van der Waals surface area contributed by atoms with Gasteiger partial charge in [0.1, 0.15) is 12.4 Å². The molecule has 1 aromatic carbocycles. The summed E-state index contributed by atoms with van der Waals surface area (Å²) >= 11 is 0. The molecule has 0 radical (unpaired) electrons. The van der Waals surface area contributed by atoms with Gasteiger partial charge in [-0.25, -0.2) is 9.78 Å². The number of hydrogen-bond acceptors (Lipinski definition) is 6. The van der Waals surface area contributed by atoms with Crippen molar-refractivity contribution in [3.05, 3.63) is 36.3 Å². The number of imidazole rings is 1. The summed E-state index contributed by atoms with van der Waals surface area (Å²) in [6.45, 7) is 19.1. The molecule has 1 aliphatic heterocycles. The Morgan fingerprint density at radius 1 is 1.05 bits per heavy atom. The topological polar surface area (TPSA) is 106 Å². The SMILES string of the molecule is CC.CCC.CCCN(Cc1ncc(-c2ccc(B3OC(C)(C)C(C)(C)O3)cc2)[nH]1)C(=O)CNC(=O)OC. The van der Waals surface area contributed by atoms with Crippen molar-refractivity contribution in [3.8, 4) is 11.3 Å². The van der Waals surface area contributed by atoms with Crippen LogP contribution in [0.3, 0.4) is 0 Å². The van der Waals surface area contributed by atoms with E-state index in [4.69, 9.17) is 9.31 Å². The fourth-order valence-electron chi connectivity index (χ4n) is 3.46. The molecule has 2 amide bonds. The van der Waals surface area contributed by atoms with E-state index in [-0.39, 0.29) is 23.7 Å². The molecule has 0 bridgehead atoms. The Balaban J connectivity index is 0.00000135. The largest absolute Gasteiger partial charge is 0.494 e. The van der Waals surface area contributed by atoms with E-state index in [1.807, 2.05) is 72.7 Å². The molecule has 0 saturated carbocycles. The molecule has 2 aromatic rings. The fraction of sp³-hybridized carbons (Fsp3) is 0.607. The minimum Gasteiger partial charge on any atom is -0.453 e. The Hall–Kier alpha value is -2.85. The molecule has 38 heavy (non-hydrogen) atoms. The van der Waals surface area contributed by atoms with Gasteiger partial charge in [0.05, 0.1) is 36.7 Å². The lowest BCUT2D eigenvalue weighted by atomic mass is 9.79. The zero-order chi connectivity index (χ0) is 28.9. The molecular formula is C28H47BN4O5. The van der Waals surface area contributed by atoms with Crippen LogP contribution in [0.15, 0.2) is 30.5 Å². The number of nitrogens with zero attached hydrogens (tertiary/aromatic N) is 2. The highest BCUT2D eigenvalue weighted by Crippen LogP contribution is 2.36. The number of amides is 2. The summed E-state index contributed by atoms with van der Waals surface area (Å²) in [5, 5.41) is 2.42. The van der Waals surface area contributed by atoms with Gasteiger partial charge in [0.15, 0.2) is 0 Å². The number of H-pyrrole nitrogens is 1. The van der Waals surface area contributed by atoms with E-state index in [0.717, 1.165) is 23.1 Å². The van der Waals surface area contributed by atoms with Crippen molar-refractivity contribution in [1.82, 2.24) is 20.2 Å². The quantitative estimate of drug-likeness (QED) is 0.470. The first-order chi connectivity index (χ1) is 18.0. The van der Waals surface area contributed by atoms with Crippen molar-refractivity contribution in [2.75, 3.05) is 20.2 Å². The summed E-state index contributed by atoms with van der Waals surface area (Å²) in [7, 11) is 0.851. The van der Waals surface area contributed by atoms with Gasteiger partial charge in [-0.05, 0) is 45.1 Å². The van der Waals surface area contributed by atoms with E-state index >= 15 is 0 Å². The lowest BCUT2D eigenvalue weighted by molar-refractivity contribution is -0.130. The van der Waals surface area contributed by atoms with Gasteiger partial charge in [0.2, 0.25) is 5.91 Å². The third kappa shape index (κ3) is 9.17. The maximum absolute atomic E-state index is 12.5. The lowest BCUT2D eigenvalue weighted by Crippen LogP contribution is -2.41. The van der Waals surface area contributed by atoms with Crippen LogP contribution in [0.5, 0.6) is 0 Å². The van der Waals surface area contributed by atoms with Crippen molar-refractivity contribution >= 4 is 24.6 Å². The van der Waals surface area contributed by atoms with Crippen LogP contribution in [0.1, 0.15) is 81.0 Å². The minimum atomic E-state index is -0.635. The monoisotopic (exact) mass is 530 g/mol. The van der Waals surface area contributed by atoms with Gasteiger partial charge in [0.25, 0.3) is 0 Å². The van der Waals surface area contributed by atoms with Crippen LogP contribution in [0.2, 0.25) is 0 Å². The number of rotatable bonds is 8. The predicted octanol–water partition coefficient (Wildman–Crippen LogP) is 4.91. The molecule has 0 aliphatic carbocycles. The predicted molar refractivity (Wildman–Crippen MR) is 153 cm³/mol. The van der Waals surface area contributed by atoms with Crippen LogP contribution in [-0.2, 0) is 25.4 Å². The number of benzene rings is 1. The van der Waals surface area contributed by atoms with E-state index in [1.165, 1.54) is 13.5 Å². The zero-order valence-corrected chi connectivity index (χ0v) is 24.9. The van der Waals surface area contributed by atoms with Crippen LogP contribution in [0, 0.1) is 0 Å². The second-order valence-corrected chi connectivity index (χ2v) is 9.82. The summed E-state index contributed by atoms with van der Waals surface area (Å²) in [5.74, 6) is 0.465. The van der Waals surface area contributed by atoms with E-state index in [0.29, 0.717) is 18.9 Å². The highest BCUT2D eigenvalue weighted by Gasteiger charge is 2.51. The molecule has 0 unspecified atom stereocenters. The number of carbonyl (C=O) groups is 2. The van der Waals surface area contributed by atoms with Gasteiger partial charge >= 0.3 is 13.2 Å². The normalized spacial score (nSPS) is 14.9. The average Bonchev–Trinajstić information content (AvgIpc) is 3.44. The maximum Gasteiger partial charge on any atom is 0.494 e. The number of nitrogens with one attached hydrogen (secondary N) is 2. The third-order valence-corrected chi connectivity index (χ3v) is 6.13. The molecule has 3 rings (SSSR count). The van der Waals surface area contributed by atoms with Gasteiger partial charge < -0.3 is 29.2 Å². The van der Waals surface area contributed by atoms with Gasteiger partial charge in [-0.15, -0.1) is 0 Å². The van der Waals surface area contributed by atoms with Crippen molar-refractivity contribution in [2.45, 2.75) is 92.9 Å². The Bertz CT molecular complexity index is 975. The van der Waals surface area contributed by atoms with Crippen molar-refractivity contribution in [2.24, 2.45) is 0 Å². The first-order valence-corrected chi connectivity index (χ1v) is 13.6. The maximum atomic E-state index is 12.5. The summed E-state index contributed by atoms with van der Waals surface area (Å²) in [6.07, 6.45) is 3.15. The standard InChI is InChI=1S/C23H33BN4O5.C3H8.C2H6/c1-7-12-28(20(29)14-26-21(30)31-6)15-19-25-13-18(27-19)16-8-10-17(11-9-16)24-32-22(2,3)23(4,5)33-24;1-3-2;1-2/h8-11,13H,7,12,14-15H2,1-6H3,(H,25,27)(H,26,30);3H2,1-2H3;1-2H3. The number of hydrogen-bond donors (Lipinski definition) is 2. The van der Waals surface area contributed by atoms with Crippen LogP contribution in [-0.4, -0.2) is 65.4 Å². The van der Waals surface area contributed by atoms with Crippen LogP contribution in [0.4, 0.5) is 4.79 Å². The van der Waals surface area contributed by atoms with Crippen LogP contribution >= 0.6 is 0 Å². The van der Waals surface area contributed by atoms with Crippen LogP contribution in [0.25, 0.3) is 11.3 Å². The highest BCUT2D eigenvalue weighted by atomic mass is 16.7. The highest BCUT2D eigenvalue weighted by molar-refractivity contribution is 6.62. The molecule has 1 fully saturated rings. The second kappa shape index (κ2) is 15.5. The fourth-order valence-corrected chi connectivity index (χ4v) is 3.46. The lowest BCUT2D eigenvalue weighted by Gasteiger charge is -2.32. The number of aromatic amines is 1. The van der Waals surface area contributed by atoms with Gasteiger partial charge in [-0.1, -0.05) is 65.3 Å². The summed E-state index contributed by atoms with van der Waals surface area (Å²) in [6, 6.07) is 7.96. The number of aromatic nitrogens is 2. The van der Waals surface area contributed by atoms with Gasteiger partial charge in [0, 0.05) is 6.54 Å². The summed E-state index contributed by atoms with van der Waals surface area (Å²) in [5.41, 5.74) is 2.00. The van der Waals surface area contributed by atoms with E-state index < -0.39 is 13.2 Å². The number of ether oxygens (including phenoxy) is 1. The molecule has 1 saturated heterocycles. The van der Waals surface area contributed by atoms with Crippen molar-refractivity contribution < 1.29 is 23.6 Å². The van der Waals surface area contributed by atoms with Gasteiger partial charge in [-0.3, -0.25) is 4.79 Å². The van der Waals surface area contributed by atoms with E-state index in [9.17, 15) is 9.59 Å². The molecule has 9 nitrogen and oxygen atoms in total. The molecule has 2 N–H and O–H groups in total. The molecular weight excluding hydrogens is 483 g/mol. The molecule has 10 heteroatoms. The number of carbonyl (C=O) groups excluding carboxylic acids is 2. The smallest absolute Gasteiger partial charge is 0.453 e. The first kappa shape index (κ1) is 33.2. The molecule has 1 aliphatic rings. The molecule has 2 heterocycles. The molecule has 1 aromatic heterocycles. The van der Waals surface area contributed by atoms with Crippen molar-refractivity contribution in [1.29, 1.82) is 0 Å². The van der Waals surface area contributed by atoms with E-state index in [1.54, 1.807) is 11.1 Å². The summed E-state index contributed by atoms with van der Waals surface area (Å²) < 4.78 is 16.8. The Morgan fingerprint density at radius 2 is 1.61 bits per heavy atom. The summed E-state index contributed by atoms with van der Waals surface area (Å²) in [4.78, 5) is 33.1. The van der Waals surface area contributed by atoms with Crippen LogP contribution < -0.4 is 10.8 Å². The van der Waals surface area contributed by atoms with Gasteiger partial charge in [-0.2, -0.15) is 0 Å². The Kier molecular flexibility index (Phi) is 13.6.